The molecule has 0 fully saturated rings. The Labute approximate surface area is 92.4 Å². The Balaban J connectivity index is 3.11. The van der Waals surface area contributed by atoms with Crippen LogP contribution in [0.5, 0.6) is 0 Å². The smallest absolute Gasteiger partial charge is 0.369 e. The van der Waals surface area contributed by atoms with E-state index >= 15 is 0 Å². The first-order valence-corrected chi connectivity index (χ1v) is 4.73. The second kappa shape index (κ2) is 4.22. The monoisotopic (exact) mass is 281 g/mol. The maximum atomic E-state index is 12.3. The lowest BCUT2D eigenvalue weighted by atomic mass is 10.1. The lowest BCUT2D eigenvalue weighted by Gasteiger charge is -2.09. The molecule has 1 rings (SSSR count). The van der Waals surface area contributed by atoms with Crippen molar-refractivity contribution in [2.45, 2.75) is 12.6 Å². The van der Waals surface area contributed by atoms with E-state index in [0.29, 0.717) is 0 Å². The van der Waals surface area contributed by atoms with E-state index < -0.39 is 17.6 Å². The number of carbonyl (C=O) groups is 1. The standard InChI is InChI=1S/C9H7BrF3NO/c10-7-2-5(3-8(14)15)1-6(4-7)9(11,12)13/h1-2,4H,3H2,(H2,14,15). The summed E-state index contributed by atoms with van der Waals surface area (Å²) in [6, 6.07) is 3.29. The number of halogens is 4. The van der Waals surface area contributed by atoms with Crippen LogP contribution in [0.25, 0.3) is 0 Å². The third kappa shape index (κ3) is 3.54. The summed E-state index contributed by atoms with van der Waals surface area (Å²) < 4.78 is 37.3. The molecule has 0 aromatic heterocycles. The van der Waals surface area contributed by atoms with Crippen molar-refractivity contribution in [3.05, 3.63) is 33.8 Å². The zero-order chi connectivity index (χ0) is 11.6. The largest absolute Gasteiger partial charge is 0.416 e. The van der Waals surface area contributed by atoms with E-state index in [2.05, 4.69) is 15.9 Å². The van der Waals surface area contributed by atoms with Crippen LogP contribution < -0.4 is 5.73 Å². The maximum Gasteiger partial charge on any atom is 0.416 e. The highest BCUT2D eigenvalue weighted by Gasteiger charge is 2.31. The van der Waals surface area contributed by atoms with Gasteiger partial charge in [0.2, 0.25) is 5.91 Å². The normalized spacial score (nSPS) is 11.5. The lowest BCUT2D eigenvalue weighted by molar-refractivity contribution is -0.137. The minimum atomic E-state index is -4.42. The first kappa shape index (κ1) is 12.0. The Kier molecular flexibility index (Phi) is 3.38. The van der Waals surface area contributed by atoms with Crippen LogP contribution in [0.4, 0.5) is 13.2 Å². The van der Waals surface area contributed by atoms with Gasteiger partial charge in [-0.15, -0.1) is 0 Å². The fraction of sp³-hybridized carbons (Fsp3) is 0.222. The molecule has 0 heterocycles. The summed E-state index contributed by atoms with van der Waals surface area (Å²) in [5.41, 5.74) is 4.34. The molecule has 0 aliphatic rings. The number of hydrogen-bond donors (Lipinski definition) is 1. The molecule has 2 nitrogen and oxygen atoms in total. The summed E-state index contributed by atoms with van der Waals surface area (Å²) in [5, 5.41) is 0. The van der Waals surface area contributed by atoms with Crippen LogP contribution >= 0.6 is 15.9 Å². The Bertz CT molecular complexity index is 389. The van der Waals surface area contributed by atoms with Gasteiger partial charge in [-0.25, -0.2) is 0 Å². The average molecular weight is 282 g/mol. The van der Waals surface area contributed by atoms with E-state index in [0.717, 1.165) is 12.1 Å². The van der Waals surface area contributed by atoms with Crippen molar-refractivity contribution < 1.29 is 18.0 Å². The molecule has 0 saturated heterocycles. The second-order valence-electron chi connectivity index (χ2n) is 2.99. The van der Waals surface area contributed by atoms with E-state index in [4.69, 9.17) is 5.73 Å². The van der Waals surface area contributed by atoms with Gasteiger partial charge in [-0.05, 0) is 23.8 Å². The molecule has 0 spiro atoms. The Morgan fingerprint density at radius 2 is 1.93 bits per heavy atom. The first-order chi connectivity index (χ1) is 6.79. The molecule has 0 radical (unpaired) electrons. The van der Waals surface area contributed by atoms with Gasteiger partial charge in [0, 0.05) is 4.47 Å². The van der Waals surface area contributed by atoms with Gasteiger partial charge < -0.3 is 5.73 Å². The highest BCUT2D eigenvalue weighted by Crippen LogP contribution is 2.32. The van der Waals surface area contributed by atoms with Crippen molar-refractivity contribution in [1.29, 1.82) is 0 Å². The summed E-state index contributed by atoms with van der Waals surface area (Å²) in [7, 11) is 0. The molecule has 82 valence electrons. The molecule has 2 N–H and O–H groups in total. The zero-order valence-electron chi connectivity index (χ0n) is 7.44. The summed E-state index contributed by atoms with van der Waals surface area (Å²) in [6.45, 7) is 0. The van der Waals surface area contributed by atoms with Crippen LogP contribution in [-0.4, -0.2) is 5.91 Å². The number of hydrogen-bond acceptors (Lipinski definition) is 1. The Hall–Kier alpha value is -1.04. The molecule has 1 aromatic carbocycles. The van der Waals surface area contributed by atoms with Gasteiger partial charge in [0.15, 0.2) is 0 Å². The first-order valence-electron chi connectivity index (χ1n) is 3.94. The number of rotatable bonds is 2. The van der Waals surface area contributed by atoms with Gasteiger partial charge in [0.05, 0.1) is 12.0 Å². The summed E-state index contributed by atoms with van der Waals surface area (Å²) in [4.78, 5) is 10.6. The average Bonchev–Trinajstić information content (AvgIpc) is 1.99. The molecule has 0 aliphatic heterocycles. The number of alkyl halides is 3. The van der Waals surface area contributed by atoms with Crippen LogP contribution in [0.2, 0.25) is 0 Å². The topological polar surface area (TPSA) is 43.1 Å². The molecule has 0 unspecified atom stereocenters. The number of nitrogens with two attached hydrogens (primary N) is 1. The number of benzene rings is 1. The van der Waals surface area contributed by atoms with E-state index in [-0.39, 0.29) is 16.5 Å². The molecule has 0 aliphatic carbocycles. The maximum absolute atomic E-state index is 12.3. The third-order valence-corrected chi connectivity index (χ3v) is 2.12. The highest BCUT2D eigenvalue weighted by atomic mass is 79.9. The molecule has 6 heteroatoms. The number of primary amides is 1. The predicted molar refractivity (Wildman–Crippen MR) is 52.0 cm³/mol. The van der Waals surface area contributed by atoms with Crippen LogP contribution in [0.1, 0.15) is 11.1 Å². The predicted octanol–water partition coefficient (Wildman–Crippen LogP) is 2.50. The molecule has 0 saturated carbocycles. The Morgan fingerprint density at radius 3 is 2.40 bits per heavy atom. The fourth-order valence-corrected chi connectivity index (χ4v) is 1.66. The van der Waals surface area contributed by atoms with Crippen molar-refractivity contribution in [3.63, 3.8) is 0 Å². The van der Waals surface area contributed by atoms with Crippen molar-refractivity contribution in [3.8, 4) is 0 Å². The van der Waals surface area contributed by atoms with Gasteiger partial charge in [-0.1, -0.05) is 15.9 Å². The quantitative estimate of drug-likeness (QED) is 0.889. The number of carbonyl (C=O) groups excluding carboxylic acids is 1. The van der Waals surface area contributed by atoms with Crippen LogP contribution in [-0.2, 0) is 17.4 Å². The highest BCUT2D eigenvalue weighted by molar-refractivity contribution is 9.10. The lowest BCUT2D eigenvalue weighted by Crippen LogP contribution is -2.14. The van der Waals surface area contributed by atoms with E-state index in [1.807, 2.05) is 0 Å². The van der Waals surface area contributed by atoms with Gasteiger partial charge in [-0.2, -0.15) is 13.2 Å². The van der Waals surface area contributed by atoms with Crippen molar-refractivity contribution in [2.24, 2.45) is 5.73 Å². The van der Waals surface area contributed by atoms with Gasteiger partial charge in [0.25, 0.3) is 0 Å². The summed E-state index contributed by atoms with van der Waals surface area (Å²) in [6.07, 6.45) is -4.63. The summed E-state index contributed by atoms with van der Waals surface area (Å²) in [5.74, 6) is -0.666. The molecule has 0 atom stereocenters. The summed E-state index contributed by atoms with van der Waals surface area (Å²) >= 11 is 2.94. The number of amides is 1. The molecule has 15 heavy (non-hydrogen) atoms. The van der Waals surface area contributed by atoms with E-state index in [1.54, 1.807) is 0 Å². The zero-order valence-corrected chi connectivity index (χ0v) is 9.02. The van der Waals surface area contributed by atoms with Crippen molar-refractivity contribution in [1.82, 2.24) is 0 Å². The van der Waals surface area contributed by atoms with Crippen LogP contribution in [0.3, 0.4) is 0 Å². The van der Waals surface area contributed by atoms with E-state index in [9.17, 15) is 18.0 Å². The van der Waals surface area contributed by atoms with Crippen LogP contribution in [0.15, 0.2) is 22.7 Å². The van der Waals surface area contributed by atoms with Crippen LogP contribution in [0, 0.1) is 0 Å². The molecular weight excluding hydrogens is 275 g/mol. The molecular formula is C9H7BrF3NO. The van der Waals surface area contributed by atoms with Crippen molar-refractivity contribution >= 4 is 21.8 Å². The molecule has 1 amide bonds. The van der Waals surface area contributed by atoms with Gasteiger partial charge >= 0.3 is 6.18 Å². The van der Waals surface area contributed by atoms with E-state index in [1.165, 1.54) is 6.07 Å². The molecule has 1 aromatic rings. The fourth-order valence-electron chi connectivity index (χ4n) is 1.12. The minimum absolute atomic E-state index is 0.206. The van der Waals surface area contributed by atoms with Gasteiger partial charge in [-0.3, -0.25) is 4.79 Å². The molecule has 0 bridgehead atoms. The van der Waals surface area contributed by atoms with Crippen molar-refractivity contribution in [2.75, 3.05) is 0 Å². The Morgan fingerprint density at radius 1 is 1.33 bits per heavy atom. The third-order valence-electron chi connectivity index (χ3n) is 1.66. The van der Waals surface area contributed by atoms with Gasteiger partial charge in [0.1, 0.15) is 0 Å². The second-order valence-corrected chi connectivity index (χ2v) is 3.90. The SMILES string of the molecule is NC(=O)Cc1cc(Br)cc(C(F)(F)F)c1. The minimum Gasteiger partial charge on any atom is -0.369 e.